The maximum atomic E-state index is 13.1. The van der Waals surface area contributed by atoms with E-state index in [9.17, 15) is 4.39 Å². The van der Waals surface area contributed by atoms with Crippen LogP contribution in [0.3, 0.4) is 0 Å². The van der Waals surface area contributed by atoms with Crippen molar-refractivity contribution in [3.05, 3.63) is 29.6 Å². The van der Waals surface area contributed by atoms with E-state index in [-0.39, 0.29) is 18.2 Å². The molecule has 80 valence electrons. The van der Waals surface area contributed by atoms with Crippen molar-refractivity contribution in [2.75, 3.05) is 18.6 Å². The van der Waals surface area contributed by atoms with Crippen molar-refractivity contribution in [1.82, 2.24) is 0 Å². The lowest BCUT2D eigenvalue weighted by atomic mass is 10.2. The van der Waals surface area contributed by atoms with Crippen molar-refractivity contribution in [2.24, 2.45) is 0 Å². The third-order valence-electron chi connectivity index (χ3n) is 2.34. The predicted octanol–water partition coefficient (Wildman–Crippen LogP) is 1.51. The molecule has 0 heterocycles. The van der Waals surface area contributed by atoms with Crippen LogP contribution in [-0.2, 0) is 0 Å². The molecule has 0 bridgehead atoms. The van der Waals surface area contributed by atoms with Crippen LogP contribution in [-0.4, -0.2) is 24.8 Å². The molecule has 1 unspecified atom stereocenters. The number of hydrogen-bond donors (Lipinski definition) is 1. The Balaban J connectivity index is 3.04. The van der Waals surface area contributed by atoms with Gasteiger partial charge in [0.1, 0.15) is 5.82 Å². The Morgan fingerprint density at radius 2 is 2.20 bits per heavy atom. The number of likely N-dealkylation sites (N-methyl/N-ethyl adjacent to an activating group) is 1. The van der Waals surface area contributed by atoms with Gasteiger partial charge in [-0.2, -0.15) is 5.26 Å². The van der Waals surface area contributed by atoms with E-state index in [2.05, 4.69) is 0 Å². The zero-order valence-electron chi connectivity index (χ0n) is 8.74. The number of nitrogens with zero attached hydrogens (tertiary/aromatic N) is 2. The minimum atomic E-state index is -0.443. The van der Waals surface area contributed by atoms with E-state index in [1.54, 1.807) is 18.0 Å². The van der Waals surface area contributed by atoms with Gasteiger partial charge in [0.2, 0.25) is 0 Å². The average molecular weight is 208 g/mol. The molecule has 1 aromatic carbocycles. The Labute approximate surface area is 88.4 Å². The van der Waals surface area contributed by atoms with E-state index in [4.69, 9.17) is 10.4 Å². The highest BCUT2D eigenvalue weighted by Gasteiger charge is 2.10. The number of aliphatic hydroxyl groups excluding tert-OH is 1. The third-order valence-corrected chi connectivity index (χ3v) is 2.34. The largest absolute Gasteiger partial charge is 0.394 e. The molecule has 0 spiro atoms. The van der Waals surface area contributed by atoms with Crippen LogP contribution in [0.4, 0.5) is 10.1 Å². The molecule has 0 radical (unpaired) electrons. The first-order valence-electron chi connectivity index (χ1n) is 4.63. The summed E-state index contributed by atoms with van der Waals surface area (Å²) in [6.45, 7) is 1.80. The van der Waals surface area contributed by atoms with E-state index in [1.165, 1.54) is 12.1 Å². The first-order valence-corrected chi connectivity index (χ1v) is 4.63. The quantitative estimate of drug-likeness (QED) is 0.819. The van der Waals surface area contributed by atoms with E-state index in [0.29, 0.717) is 5.69 Å². The van der Waals surface area contributed by atoms with Crippen LogP contribution in [0.1, 0.15) is 12.5 Å². The Morgan fingerprint density at radius 3 is 2.73 bits per heavy atom. The zero-order valence-corrected chi connectivity index (χ0v) is 8.74. The number of hydrogen-bond acceptors (Lipinski definition) is 3. The number of benzene rings is 1. The molecule has 0 aliphatic heterocycles. The Kier molecular flexibility index (Phi) is 3.64. The summed E-state index contributed by atoms with van der Waals surface area (Å²) in [4.78, 5) is 1.73. The van der Waals surface area contributed by atoms with Crippen molar-refractivity contribution in [1.29, 1.82) is 5.26 Å². The highest BCUT2D eigenvalue weighted by atomic mass is 19.1. The normalized spacial score (nSPS) is 11.9. The molecule has 0 aliphatic rings. The second kappa shape index (κ2) is 4.76. The lowest BCUT2D eigenvalue weighted by Gasteiger charge is -2.25. The maximum absolute atomic E-state index is 13.1. The maximum Gasteiger partial charge on any atom is 0.126 e. The fraction of sp³-hybridized carbons (Fsp3) is 0.364. The predicted molar refractivity (Wildman–Crippen MR) is 56.1 cm³/mol. The van der Waals surface area contributed by atoms with Crippen molar-refractivity contribution in [2.45, 2.75) is 13.0 Å². The molecule has 3 nitrogen and oxygen atoms in total. The van der Waals surface area contributed by atoms with Gasteiger partial charge in [-0.25, -0.2) is 4.39 Å². The van der Waals surface area contributed by atoms with Crippen LogP contribution in [0.2, 0.25) is 0 Å². The molecule has 1 N–H and O–H groups in total. The minimum Gasteiger partial charge on any atom is -0.394 e. The highest BCUT2D eigenvalue weighted by molar-refractivity contribution is 5.52. The van der Waals surface area contributed by atoms with Gasteiger partial charge < -0.3 is 10.0 Å². The monoisotopic (exact) mass is 208 g/mol. The standard InChI is InChI=1S/C11H13FN2O/c1-8(7-15)14(2)11-4-9(6-13)3-10(12)5-11/h3-5,8,15H,7H2,1-2H3. The molecule has 1 aromatic rings. The van der Waals surface area contributed by atoms with E-state index < -0.39 is 5.82 Å². The Bertz CT molecular complexity index is 387. The van der Waals surface area contributed by atoms with Gasteiger partial charge in [-0.1, -0.05) is 0 Å². The number of aliphatic hydroxyl groups is 1. The van der Waals surface area contributed by atoms with Crippen molar-refractivity contribution in [3.8, 4) is 6.07 Å². The SMILES string of the molecule is CC(CO)N(C)c1cc(F)cc(C#N)c1. The Hall–Kier alpha value is -1.60. The zero-order chi connectivity index (χ0) is 11.4. The van der Waals surface area contributed by atoms with Gasteiger partial charge in [-0.3, -0.25) is 0 Å². The smallest absolute Gasteiger partial charge is 0.126 e. The van der Waals surface area contributed by atoms with Crippen LogP contribution in [0.5, 0.6) is 0 Å². The topological polar surface area (TPSA) is 47.3 Å². The highest BCUT2D eigenvalue weighted by Crippen LogP contribution is 2.18. The molecule has 0 amide bonds. The van der Waals surface area contributed by atoms with Crippen molar-refractivity contribution < 1.29 is 9.50 Å². The summed E-state index contributed by atoms with van der Waals surface area (Å²) in [5.74, 6) is -0.443. The van der Waals surface area contributed by atoms with Gasteiger partial charge in [0.25, 0.3) is 0 Å². The summed E-state index contributed by atoms with van der Waals surface area (Å²) in [5, 5.41) is 17.6. The number of rotatable bonds is 3. The molecular formula is C11H13FN2O. The van der Waals surface area contributed by atoms with Gasteiger partial charge in [-0.15, -0.1) is 0 Å². The van der Waals surface area contributed by atoms with Crippen LogP contribution >= 0.6 is 0 Å². The molecule has 1 rings (SSSR count). The number of nitriles is 1. The molecule has 0 aromatic heterocycles. The summed E-state index contributed by atoms with van der Waals surface area (Å²) < 4.78 is 13.1. The molecule has 0 saturated heterocycles. The van der Waals surface area contributed by atoms with Crippen LogP contribution in [0, 0.1) is 17.1 Å². The van der Waals surface area contributed by atoms with Crippen LogP contribution < -0.4 is 4.90 Å². The second-order valence-electron chi connectivity index (χ2n) is 3.45. The first-order chi connectivity index (χ1) is 7.08. The van der Waals surface area contributed by atoms with Gasteiger partial charge in [0.05, 0.1) is 18.2 Å². The third kappa shape index (κ3) is 2.67. The molecule has 1 atom stereocenters. The lowest BCUT2D eigenvalue weighted by Crippen LogP contribution is -2.31. The van der Waals surface area contributed by atoms with E-state index in [0.717, 1.165) is 0 Å². The molecule has 15 heavy (non-hydrogen) atoms. The summed E-state index contributed by atoms with van der Waals surface area (Å²) in [7, 11) is 1.75. The average Bonchev–Trinajstić information content (AvgIpc) is 2.26. The van der Waals surface area contributed by atoms with Gasteiger partial charge >= 0.3 is 0 Å². The van der Waals surface area contributed by atoms with Crippen molar-refractivity contribution in [3.63, 3.8) is 0 Å². The van der Waals surface area contributed by atoms with Gasteiger partial charge in [0.15, 0.2) is 0 Å². The number of anilines is 1. The molecule has 0 aliphatic carbocycles. The molecule has 0 fully saturated rings. The van der Waals surface area contributed by atoms with Crippen LogP contribution in [0.25, 0.3) is 0 Å². The summed E-state index contributed by atoms with van der Waals surface area (Å²) in [6.07, 6.45) is 0. The summed E-state index contributed by atoms with van der Waals surface area (Å²) in [6, 6.07) is 5.89. The summed E-state index contributed by atoms with van der Waals surface area (Å²) >= 11 is 0. The first kappa shape index (κ1) is 11.5. The Morgan fingerprint density at radius 1 is 1.53 bits per heavy atom. The fourth-order valence-corrected chi connectivity index (χ4v) is 1.22. The fourth-order valence-electron chi connectivity index (χ4n) is 1.22. The summed E-state index contributed by atoms with van der Waals surface area (Å²) in [5.41, 5.74) is 0.870. The molecular weight excluding hydrogens is 195 g/mol. The van der Waals surface area contributed by atoms with Gasteiger partial charge in [-0.05, 0) is 25.1 Å². The van der Waals surface area contributed by atoms with Crippen molar-refractivity contribution >= 4 is 5.69 Å². The van der Waals surface area contributed by atoms with E-state index in [1.807, 2.05) is 13.0 Å². The van der Waals surface area contributed by atoms with Crippen LogP contribution in [0.15, 0.2) is 18.2 Å². The molecule has 4 heteroatoms. The lowest BCUT2D eigenvalue weighted by molar-refractivity contribution is 0.270. The second-order valence-corrected chi connectivity index (χ2v) is 3.45. The minimum absolute atomic E-state index is 0.0189. The van der Waals surface area contributed by atoms with Gasteiger partial charge in [0, 0.05) is 18.8 Å². The number of halogens is 1. The van der Waals surface area contributed by atoms with E-state index >= 15 is 0 Å². The molecule has 0 saturated carbocycles.